The second kappa shape index (κ2) is 17.6. The van der Waals surface area contributed by atoms with Gasteiger partial charge in [0.1, 0.15) is 6.10 Å². The van der Waals surface area contributed by atoms with Gasteiger partial charge in [0.15, 0.2) is 11.9 Å². The summed E-state index contributed by atoms with van der Waals surface area (Å²) in [6.45, 7) is 0.791. The number of hydrogen-bond donors (Lipinski definition) is 0. The van der Waals surface area contributed by atoms with E-state index in [2.05, 4.69) is 0 Å². The molecule has 5 aromatic rings. The van der Waals surface area contributed by atoms with Crippen LogP contribution < -0.4 is 0 Å². The van der Waals surface area contributed by atoms with Gasteiger partial charge in [0.05, 0.1) is 38.1 Å². The van der Waals surface area contributed by atoms with Gasteiger partial charge in [0.25, 0.3) is 0 Å². The summed E-state index contributed by atoms with van der Waals surface area (Å²) in [5.41, 5.74) is 3.82. The van der Waals surface area contributed by atoms with Gasteiger partial charge in [-0.05, 0) is 28.8 Å². The zero-order valence-electron chi connectivity index (χ0n) is 25.7. The summed E-state index contributed by atoms with van der Waals surface area (Å²) >= 11 is 0. The Labute approximate surface area is 270 Å². The molecule has 0 bridgehead atoms. The molecule has 0 aliphatic carbocycles. The van der Waals surface area contributed by atoms with Crippen molar-refractivity contribution < 1.29 is 28.5 Å². The van der Waals surface area contributed by atoms with E-state index in [1.54, 1.807) is 36.4 Å². The molecule has 6 heteroatoms. The highest BCUT2D eigenvalue weighted by molar-refractivity contribution is 5.96. The van der Waals surface area contributed by atoms with Crippen LogP contribution in [-0.4, -0.2) is 36.7 Å². The zero-order chi connectivity index (χ0) is 31.8. The minimum Gasteiger partial charge on any atom is -0.453 e. The van der Waals surface area contributed by atoms with Gasteiger partial charge >= 0.3 is 5.97 Å². The van der Waals surface area contributed by atoms with Crippen LogP contribution in [0.1, 0.15) is 43.8 Å². The third-order valence-electron chi connectivity index (χ3n) is 7.47. The van der Waals surface area contributed by atoms with E-state index >= 15 is 0 Å². The molecule has 0 saturated carbocycles. The number of esters is 1. The van der Waals surface area contributed by atoms with Gasteiger partial charge in [-0.25, -0.2) is 4.79 Å². The summed E-state index contributed by atoms with van der Waals surface area (Å²) < 4.78 is 25.4. The normalized spacial score (nSPS) is 13.0. The first-order chi connectivity index (χ1) is 22.7. The molecule has 5 aromatic carbocycles. The van der Waals surface area contributed by atoms with Gasteiger partial charge in [0, 0.05) is 12.0 Å². The predicted octanol–water partition coefficient (Wildman–Crippen LogP) is 7.87. The van der Waals surface area contributed by atoms with Crippen LogP contribution in [0.15, 0.2) is 152 Å². The molecular weight excluding hydrogens is 576 g/mol. The van der Waals surface area contributed by atoms with Crippen molar-refractivity contribution in [1.29, 1.82) is 0 Å². The van der Waals surface area contributed by atoms with Gasteiger partial charge in [-0.1, -0.05) is 140 Å². The molecule has 0 spiro atoms. The molecule has 0 aliphatic rings. The fraction of sp³-hybridized carbons (Fsp3) is 0.200. The summed E-state index contributed by atoms with van der Waals surface area (Å²) in [7, 11) is 0. The van der Waals surface area contributed by atoms with Crippen LogP contribution in [0.5, 0.6) is 0 Å². The molecule has 6 nitrogen and oxygen atoms in total. The Bertz CT molecular complexity index is 1600. The first-order valence-electron chi connectivity index (χ1n) is 15.4. The van der Waals surface area contributed by atoms with Crippen molar-refractivity contribution in [1.82, 2.24) is 0 Å². The van der Waals surface area contributed by atoms with Crippen LogP contribution >= 0.6 is 0 Å². The highest BCUT2D eigenvalue weighted by Gasteiger charge is 2.36. The second-order valence-corrected chi connectivity index (χ2v) is 10.9. The smallest absolute Gasteiger partial charge is 0.338 e. The zero-order valence-corrected chi connectivity index (χ0v) is 25.7. The fourth-order valence-electron chi connectivity index (χ4n) is 5.04. The maximum atomic E-state index is 13.6. The Kier molecular flexibility index (Phi) is 12.4. The Morgan fingerprint density at radius 1 is 0.478 bits per heavy atom. The minimum atomic E-state index is -0.899. The van der Waals surface area contributed by atoms with Gasteiger partial charge in [0.2, 0.25) is 0 Å². The second-order valence-electron chi connectivity index (χ2n) is 10.9. The fourth-order valence-corrected chi connectivity index (χ4v) is 5.04. The Balaban J connectivity index is 1.47. The molecular formula is C40H38O6. The maximum Gasteiger partial charge on any atom is 0.338 e. The number of rotatable bonds is 17. The third-order valence-corrected chi connectivity index (χ3v) is 7.47. The molecule has 0 aromatic heterocycles. The van der Waals surface area contributed by atoms with E-state index in [4.69, 9.17) is 18.9 Å². The molecule has 46 heavy (non-hydrogen) atoms. The van der Waals surface area contributed by atoms with Gasteiger partial charge in [-0.3, -0.25) is 4.79 Å². The van der Waals surface area contributed by atoms with Gasteiger partial charge in [-0.15, -0.1) is 0 Å². The number of ether oxygens (including phenoxy) is 4. The van der Waals surface area contributed by atoms with Crippen molar-refractivity contribution >= 4 is 11.8 Å². The standard InChI is InChI=1S/C40H38O6/c41-36(34-22-12-4-13-23-34)26-37(44-28-32-18-8-2-9-19-32)39(45-29-33-20-10-3-11-21-33)38(30-43-27-31-16-6-1-7-17-31)46-40(42)35-24-14-5-15-25-35/h1-25,37-39H,26-30H2/t37-,38-,39-/m0/s1. The van der Waals surface area contributed by atoms with Crippen molar-refractivity contribution in [3.63, 3.8) is 0 Å². The topological polar surface area (TPSA) is 71.1 Å². The molecule has 0 radical (unpaired) electrons. The SMILES string of the molecule is O=C(C[C@H](OCc1ccccc1)[C@H](OCc1ccccc1)[C@H](COCc1ccccc1)OC(=O)c1ccccc1)c1ccccc1. The van der Waals surface area contributed by atoms with Crippen LogP contribution in [0.2, 0.25) is 0 Å². The van der Waals surface area contributed by atoms with E-state index in [0.29, 0.717) is 17.7 Å². The van der Waals surface area contributed by atoms with E-state index in [9.17, 15) is 9.59 Å². The molecule has 0 aliphatic heterocycles. The van der Waals surface area contributed by atoms with Crippen LogP contribution in [-0.2, 0) is 38.8 Å². The highest BCUT2D eigenvalue weighted by atomic mass is 16.6. The largest absolute Gasteiger partial charge is 0.453 e. The van der Waals surface area contributed by atoms with Crippen molar-refractivity contribution in [3.8, 4) is 0 Å². The summed E-state index contributed by atoms with van der Waals surface area (Å²) in [5.74, 6) is -0.622. The van der Waals surface area contributed by atoms with Crippen molar-refractivity contribution in [2.45, 2.75) is 44.6 Å². The molecule has 3 atom stereocenters. The first kappa shape index (κ1) is 32.5. The van der Waals surface area contributed by atoms with Crippen LogP contribution in [0.25, 0.3) is 0 Å². The monoisotopic (exact) mass is 614 g/mol. The minimum absolute atomic E-state index is 0.00831. The molecule has 234 valence electrons. The Morgan fingerprint density at radius 2 is 0.913 bits per heavy atom. The average molecular weight is 615 g/mol. The highest BCUT2D eigenvalue weighted by Crippen LogP contribution is 2.23. The average Bonchev–Trinajstić information content (AvgIpc) is 3.12. The number of carbonyl (C=O) groups is 2. The van der Waals surface area contributed by atoms with Crippen molar-refractivity contribution in [2.75, 3.05) is 6.61 Å². The molecule has 5 rings (SSSR count). The van der Waals surface area contributed by atoms with Gasteiger partial charge in [-0.2, -0.15) is 0 Å². The molecule has 0 amide bonds. The Hall–Kier alpha value is -4.88. The molecule has 0 unspecified atom stereocenters. The third kappa shape index (κ3) is 10.1. The summed E-state index contributed by atoms with van der Waals surface area (Å²) in [6, 6.07) is 47.2. The lowest BCUT2D eigenvalue weighted by Crippen LogP contribution is -2.46. The number of hydrogen-bond acceptors (Lipinski definition) is 6. The van der Waals surface area contributed by atoms with E-state index in [1.807, 2.05) is 115 Å². The molecule has 0 fully saturated rings. The lowest BCUT2D eigenvalue weighted by molar-refractivity contribution is -0.148. The molecule has 0 heterocycles. The number of Topliss-reactive ketones (excluding diaryl/α,β-unsaturated/α-hetero) is 1. The lowest BCUT2D eigenvalue weighted by Gasteiger charge is -2.33. The summed E-state index contributed by atoms with van der Waals surface area (Å²) in [6.07, 6.45) is -2.51. The number of ketones is 1. The van der Waals surface area contributed by atoms with Gasteiger partial charge < -0.3 is 18.9 Å². The van der Waals surface area contributed by atoms with Crippen LogP contribution in [0, 0.1) is 0 Å². The first-order valence-corrected chi connectivity index (χ1v) is 15.4. The van der Waals surface area contributed by atoms with E-state index in [1.165, 1.54) is 0 Å². The van der Waals surface area contributed by atoms with Crippen LogP contribution in [0.3, 0.4) is 0 Å². The number of carbonyl (C=O) groups excluding carboxylic acids is 2. The molecule has 0 saturated heterocycles. The quantitative estimate of drug-likeness (QED) is 0.0784. The lowest BCUT2D eigenvalue weighted by atomic mass is 9.98. The molecule has 0 N–H and O–H groups in total. The summed E-state index contributed by atoms with van der Waals surface area (Å²) in [4.78, 5) is 27.1. The van der Waals surface area contributed by atoms with E-state index < -0.39 is 24.3 Å². The Morgan fingerprint density at radius 3 is 1.43 bits per heavy atom. The predicted molar refractivity (Wildman–Crippen MR) is 177 cm³/mol. The maximum absolute atomic E-state index is 13.6. The summed E-state index contributed by atoms with van der Waals surface area (Å²) in [5, 5.41) is 0. The van der Waals surface area contributed by atoms with E-state index in [-0.39, 0.29) is 32.0 Å². The van der Waals surface area contributed by atoms with Crippen LogP contribution in [0.4, 0.5) is 0 Å². The number of benzene rings is 5. The van der Waals surface area contributed by atoms with Crippen molar-refractivity contribution in [2.24, 2.45) is 0 Å². The van der Waals surface area contributed by atoms with E-state index in [0.717, 1.165) is 16.7 Å². The van der Waals surface area contributed by atoms with Crippen molar-refractivity contribution in [3.05, 3.63) is 179 Å².